The van der Waals surface area contributed by atoms with Gasteiger partial charge >= 0.3 is 0 Å². The van der Waals surface area contributed by atoms with Gasteiger partial charge in [0.1, 0.15) is 5.82 Å². The highest BCUT2D eigenvalue weighted by atomic mass is 32.1. The molecule has 2 N–H and O–H groups in total. The minimum atomic E-state index is -0.151. The third kappa shape index (κ3) is 3.30. The second kappa shape index (κ2) is 7.34. The first-order chi connectivity index (χ1) is 14.5. The van der Waals surface area contributed by atoms with Crippen LogP contribution in [0.15, 0.2) is 48.0 Å². The van der Waals surface area contributed by atoms with Crippen molar-refractivity contribution in [3.63, 3.8) is 0 Å². The van der Waals surface area contributed by atoms with E-state index in [0.717, 1.165) is 32.2 Å². The number of fused-ring (bicyclic) bond motifs is 2. The first kappa shape index (κ1) is 19.0. The van der Waals surface area contributed by atoms with Crippen LogP contribution in [-0.2, 0) is 4.74 Å². The van der Waals surface area contributed by atoms with Crippen molar-refractivity contribution in [2.24, 2.45) is 0 Å². The van der Waals surface area contributed by atoms with E-state index in [-0.39, 0.29) is 18.1 Å². The van der Waals surface area contributed by atoms with Crippen LogP contribution in [0.3, 0.4) is 0 Å². The lowest BCUT2D eigenvalue weighted by Gasteiger charge is -2.39. The van der Waals surface area contributed by atoms with Crippen LogP contribution in [0.4, 0.5) is 5.82 Å². The maximum Gasteiger partial charge on any atom is 0.254 e. The molecule has 1 saturated heterocycles. The van der Waals surface area contributed by atoms with E-state index in [1.54, 1.807) is 11.3 Å². The van der Waals surface area contributed by atoms with E-state index in [9.17, 15) is 4.79 Å². The van der Waals surface area contributed by atoms with Gasteiger partial charge in [-0.3, -0.25) is 4.79 Å². The maximum atomic E-state index is 13.5. The quantitative estimate of drug-likeness (QED) is 0.524. The largest absolute Gasteiger partial charge is 0.383 e. The highest BCUT2D eigenvalue weighted by Gasteiger charge is 2.32. The third-order valence-electron chi connectivity index (χ3n) is 5.66. The highest BCUT2D eigenvalue weighted by Crippen LogP contribution is 2.31. The zero-order valence-electron chi connectivity index (χ0n) is 16.8. The van der Waals surface area contributed by atoms with Gasteiger partial charge in [-0.25, -0.2) is 9.97 Å². The number of amides is 1. The molecule has 0 radical (unpaired) electrons. The predicted octanol–water partition coefficient (Wildman–Crippen LogP) is 4.34. The standard InChI is InChI=1S/C23H22N4O2S/c1-13-7-17-8-16(3-5-18(17)26-22(13)24)23(28)27-10-14(2)29-11-20(27)15-4-6-21-19(9-15)25-12-30-21/h3-9,12,14,20H,10-11H2,1-2H3,(H2,24,26). The second-order valence-corrected chi connectivity index (χ2v) is 8.68. The molecule has 0 spiro atoms. The summed E-state index contributed by atoms with van der Waals surface area (Å²) in [6.45, 7) is 4.92. The second-order valence-electron chi connectivity index (χ2n) is 7.79. The van der Waals surface area contributed by atoms with Crippen molar-refractivity contribution in [3.05, 3.63) is 64.7 Å². The van der Waals surface area contributed by atoms with E-state index in [1.165, 1.54) is 0 Å². The van der Waals surface area contributed by atoms with Crippen LogP contribution in [0.25, 0.3) is 21.1 Å². The topological polar surface area (TPSA) is 81.3 Å². The summed E-state index contributed by atoms with van der Waals surface area (Å²) in [5.41, 5.74) is 12.1. The summed E-state index contributed by atoms with van der Waals surface area (Å²) in [6, 6.07) is 13.6. The van der Waals surface area contributed by atoms with Crippen molar-refractivity contribution >= 4 is 44.2 Å². The van der Waals surface area contributed by atoms with Gasteiger partial charge in [0.25, 0.3) is 5.91 Å². The van der Waals surface area contributed by atoms with Gasteiger partial charge in [0, 0.05) is 17.5 Å². The summed E-state index contributed by atoms with van der Waals surface area (Å²) in [7, 11) is 0. The van der Waals surface area contributed by atoms with Crippen molar-refractivity contribution < 1.29 is 9.53 Å². The number of pyridine rings is 1. The molecule has 152 valence electrons. The summed E-state index contributed by atoms with van der Waals surface area (Å²) in [5, 5.41) is 0.911. The van der Waals surface area contributed by atoms with Crippen LogP contribution in [0.2, 0.25) is 0 Å². The molecule has 2 aromatic heterocycles. The number of nitrogens with zero attached hydrogens (tertiary/aromatic N) is 3. The fourth-order valence-electron chi connectivity index (χ4n) is 3.98. The molecule has 0 aliphatic carbocycles. The van der Waals surface area contributed by atoms with Gasteiger partial charge in [-0.05, 0) is 61.4 Å². The summed E-state index contributed by atoms with van der Waals surface area (Å²) in [6.07, 6.45) is -0.0163. The molecule has 0 saturated carbocycles. The van der Waals surface area contributed by atoms with Gasteiger partial charge in [-0.2, -0.15) is 0 Å². The predicted molar refractivity (Wildman–Crippen MR) is 120 cm³/mol. The van der Waals surface area contributed by atoms with E-state index in [4.69, 9.17) is 10.5 Å². The number of thiazole rings is 1. The molecule has 0 bridgehead atoms. The van der Waals surface area contributed by atoms with Crippen LogP contribution in [-0.4, -0.2) is 40.0 Å². The first-order valence-corrected chi connectivity index (χ1v) is 10.8. The molecule has 3 heterocycles. The zero-order chi connectivity index (χ0) is 20.8. The maximum absolute atomic E-state index is 13.5. The molecule has 1 aliphatic heterocycles. The molecule has 6 nitrogen and oxygen atoms in total. The fourth-order valence-corrected chi connectivity index (χ4v) is 4.64. The van der Waals surface area contributed by atoms with Gasteiger partial charge < -0.3 is 15.4 Å². The Balaban J connectivity index is 1.52. The van der Waals surface area contributed by atoms with Crippen molar-refractivity contribution in [1.29, 1.82) is 0 Å². The molecule has 7 heteroatoms. The Labute approximate surface area is 178 Å². The Morgan fingerprint density at radius 1 is 1.20 bits per heavy atom. The molecule has 4 aromatic rings. The minimum Gasteiger partial charge on any atom is -0.383 e. The van der Waals surface area contributed by atoms with Crippen LogP contribution in [0, 0.1) is 6.92 Å². The van der Waals surface area contributed by atoms with E-state index < -0.39 is 0 Å². The summed E-state index contributed by atoms with van der Waals surface area (Å²) in [5.74, 6) is 0.506. The molecule has 2 unspecified atom stereocenters. The minimum absolute atomic E-state index is 0.00935. The SMILES string of the molecule is Cc1cc2cc(C(=O)N3CC(C)OCC3c3ccc4scnc4c3)ccc2nc1N. The average molecular weight is 419 g/mol. The number of carbonyl (C=O) groups is 1. The van der Waals surface area contributed by atoms with Crippen LogP contribution in [0.1, 0.15) is 34.5 Å². The summed E-state index contributed by atoms with van der Waals surface area (Å²) < 4.78 is 7.06. The average Bonchev–Trinajstić information content (AvgIpc) is 3.21. The summed E-state index contributed by atoms with van der Waals surface area (Å²) in [4.78, 5) is 24.3. The van der Waals surface area contributed by atoms with Gasteiger partial charge in [0.15, 0.2) is 0 Å². The molecule has 1 fully saturated rings. The van der Waals surface area contributed by atoms with Gasteiger partial charge in [0.05, 0.1) is 40.0 Å². The molecule has 1 aliphatic rings. The number of benzene rings is 2. The molecule has 2 aromatic carbocycles. The van der Waals surface area contributed by atoms with Gasteiger partial charge in [-0.1, -0.05) is 6.07 Å². The molecular weight excluding hydrogens is 396 g/mol. The van der Waals surface area contributed by atoms with Crippen molar-refractivity contribution in [2.45, 2.75) is 26.0 Å². The molecule has 1 amide bonds. The number of aromatic nitrogens is 2. The number of rotatable bonds is 2. The Bertz CT molecular complexity index is 1270. The third-order valence-corrected chi connectivity index (χ3v) is 6.47. The molecule has 30 heavy (non-hydrogen) atoms. The number of nitrogen functional groups attached to an aromatic ring is 1. The van der Waals surface area contributed by atoms with E-state index in [2.05, 4.69) is 28.2 Å². The van der Waals surface area contributed by atoms with E-state index in [0.29, 0.717) is 24.5 Å². The summed E-state index contributed by atoms with van der Waals surface area (Å²) >= 11 is 1.61. The molecular formula is C23H22N4O2S. The zero-order valence-corrected chi connectivity index (χ0v) is 17.6. The first-order valence-electron chi connectivity index (χ1n) is 9.92. The number of ether oxygens (including phenoxy) is 1. The lowest BCUT2D eigenvalue weighted by atomic mass is 10.0. The molecule has 2 atom stereocenters. The number of carbonyl (C=O) groups excluding carboxylic acids is 1. The Morgan fingerprint density at radius 2 is 2.07 bits per heavy atom. The lowest BCUT2D eigenvalue weighted by Crippen LogP contribution is -2.46. The van der Waals surface area contributed by atoms with Crippen LogP contribution in [0.5, 0.6) is 0 Å². The normalized spacial score (nSPS) is 19.5. The van der Waals surface area contributed by atoms with Gasteiger partial charge in [0.2, 0.25) is 0 Å². The number of anilines is 1. The van der Waals surface area contributed by atoms with Crippen molar-refractivity contribution in [2.75, 3.05) is 18.9 Å². The molecule has 5 rings (SSSR count). The van der Waals surface area contributed by atoms with Gasteiger partial charge in [-0.15, -0.1) is 11.3 Å². The van der Waals surface area contributed by atoms with E-state index in [1.807, 2.05) is 48.5 Å². The Hall–Kier alpha value is -3.03. The highest BCUT2D eigenvalue weighted by molar-refractivity contribution is 7.16. The number of hydrogen-bond acceptors (Lipinski definition) is 6. The monoisotopic (exact) mass is 418 g/mol. The number of aryl methyl sites for hydroxylation is 1. The van der Waals surface area contributed by atoms with Crippen LogP contribution >= 0.6 is 11.3 Å². The number of hydrogen-bond donors (Lipinski definition) is 1. The van der Waals surface area contributed by atoms with Crippen LogP contribution < -0.4 is 5.73 Å². The van der Waals surface area contributed by atoms with E-state index >= 15 is 0 Å². The van der Waals surface area contributed by atoms with Crippen molar-refractivity contribution in [3.8, 4) is 0 Å². The number of nitrogens with two attached hydrogens (primary N) is 1. The number of morpholine rings is 1. The van der Waals surface area contributed by atoms with Crippen molar-refractivity contribution in [1.82, 2.24) is 14.9 Å². The lowest BCUT2D eigenvalue weighted by molar-refractivity contribution is -0.0447. The fraction of sp³-hybridized carbons (Fsp3) is 0.261. The Kier molecular flexibility index (Phi) is 4.64. The smallest absolute Gasteiger partial charge is 0.254 e. The Morgan fingerprint density at radius 3 is 2.93 bits per heavy atom.